The van der Waals surface area contributed by atoms with Gasteiger partial charge in [0.15, 0.2) is 0 Å². The third-order valence-electron chi connectivity index (χ3n) is 4.50. The van der Waals surface area contributed by atoms with Crippen LogP contribution >= 0.6 is 0 Å². The van der Waals surface area contributed by atoms with E-state index in [1.54, 1.807) is 19.0 Å². The zero-order chi connectivity index (χ0) is 17.8. The van der Waals surface area contributed by atoms with Crippen LogP contribution in [0, 0.1) is 0 Å². The van der Waals surface area contributed by atoms with Crippen LogP contribution in [-0.2, 0) is 29.7 Å². The molecule has 25 heavy (non-hydrogen) atoms. The zero-order valence-electron chi connectivity index (χ0n) is 15.1. The van der Waals surface area contributed by atoms with E-state index in [0.717, 1.165) is 25.3 Å². The maximum Gasteiger partial charge on any atom is 0.248 e. The number of hydrogen-bond donors (Lipinski definition) is 0. The van der Waals surface area contributed by atoms with Gasteiger partial charge in [-0.05, 0) is 17.7 Å². The van der Waals surface area contributed by atoms with Crippen molar-refractivity contribution in [2.75, 3.05) is 33.9 Å². The molecule has 1 aliphatic rings. The van der Waals surface area contributed by atoms with Crippen molar-refractivity contribution in [1.82, 2.24) is 24.3 Å². The number of nitrogens with zero attached hydrogens (tertiary/aromatic N) is 5. The van der Waals surface area contributed by atoms with E-state index < -0.39 is 0 Å². The molecule has 0 saturated heterocycles. The molecule has 3 heterocycles. The van der Waals surface area contributed by atoms with Gasteiger partial charge in [-0.15, -0.1) is 0 Å². The summed E-state index contributed by atoms with van der Waals surface area (Å²) >= 11 is 0. The Morgan fingerprint density at radius 3 is 2.84 bits per heavy atom. The molecule has 0 unspecified atom stereocenters. The van der Waals surface area contributed by atoms with Gasteiger partial charge in [-0.1, -0.05) is 0 Å². The summed E-state index contributed by atoms with van der Waals surface area (Å²) in [6, 6.07) is 4.07. The van der Waals surface area contributed by atoms with E-state index in [2.05, 4.69) is 19.4 Å². The second-order valence-electron chi connectivity index (χ2n) is 6.71. The van der Waals surface area contributed by atoms with Crippen molar-refractivity contribution < 1.29 is 9.53 Å². The lowest BCUT2D eigenvalue weighted by molar-refractivity contribution is -0.133. The fourth-order valence-corrected chi connectivity index (χ4v) is 3.22. The molecule has 0 radical (unpaired) electrons. The molecule has 3 rings (SSSR count). The molecule has 2 aromatic rings. The number of aromatic nitrogens is 3. The minimum Gasteiger partial charge on any atom is -0.371 e. The molecule has 1 aliphatic heterocycles. The van der Waals surface area contributed by atoms with Crippen molar-refractivity contribution in [3.05, 3.63) is 47.8 Å². The van der Waals surface area contributed by atoms with Gasteiger partial charge in [0.2, 0.25) is 5.91 Å². The zero-order valence-corrected chi connectivity index (χ0v) is 15.1. The van der Waals surface area contributed by atoms with Crippen LogP contribution in [0.4, 0.5) is 0 Å². The predicted molar refractivity (Wildman–Crippen MR) is 93.8 cm³/mol. The van der Waals surface area contributed by atoms with Crippen molar-refractivity contribution in [2.24, 2.45) is 7.05 Å². The highest BCUT2D eigenvalue weighted by Crippen LogP contribution is 2.28. The molecule has 0 spiro atoms. The Bertz CT molecular complexity index is 714. The van der Waals surface area contributed by atoms with E-state index in [1.165, 1.54) is 11.3 Å². The molecule has 0 saturated carbocycles. The average molecular weight is 343 g/mol. The molecule has 7 heteroatoms. The summed E-state index contributed by atoms with van der Waals surface area (Å²) in [5.74, 6) is 0.183. The lowest BCUT2D eigenvalue weighted by Gasteiger charge is -2.32. The first-order valence-corrected chi connectivity index (χ1v) is 8.44. The number of carbonyl (C=O) groups excluding carboxylic acids is 1. The standard InChI is InChI=1S/C18H25N5O2/c1-21(2)17(24)12-25-11-15-9-23(8-14-4-6-19-7-5-14)10-16-18(15)22(3)13-20-16/h4-7,13,15H,8-12H2,1-3H3/t15-/m0/s1. The number of imidazole rings is 1. The number of carbonyl (C=O) groups is 1. The first-order valence-electron chi connectivity index (χ1n) is 8.44. The molecule has 2 aromatic heterocycles. The molecule has 1 atom stereocenters. The first kappa shape index (κ1) is 17.6. The van der Waals surface area contributed by atoms with Crippen LogP contribution in [0.25, 0.3) is 0 Å². The molecule has 0 fully saturated rings. The Labute approximate surface area is 148 Å². The third-order valence-corrected chi connectivity index (χ3v) is 4.50. The van der Waals surface area contributed by atoms with Gasteiger partial charge in [-0.25, -0.2) is 4.98 Å². The topological polar surface area (TPSA) is 63.5 Å². The minimum absolute atomic E-state index is 0.0188. The maximum absolute atomic E-state index is 11.7. The van der Waals surface area contributed by atoms with Crippen molar-refractivity contribution in [1.29, 1.82) is 0 Å². The van der Waals surface area contributed by atoms with E-state index >= 15 is 0 Å². The highest BCUT2D eigenvalue weighted by molar-refractivity contribution is 5.76. The van der Waals surface area contributed by atoms with Crippen LogP contribution < -0.4 is 0 Å². The SMILES string of the molecule is CN(C)C(=O)COC[C@@H]1CN(Cc2ccncc2)Cc2ncn(C)c21. The smallest absolute Gasteiger partial charge is 0.248 e. The number of amides is 1. The van der Waals surface area contributed by atoms with Crippen molar-refractivity contribution in [3.8, 4) is 0 Å². The summed E-state index contributed by atoms with van der Waals surface area (Å²) in [5, 5.41) is 0. The summed E-state index contributed by atoms with van der Waals surface area (Å²) < 4.78 is 7.78. The monoisotopic (exact) mass is 343 g/mol. The summed E-state index contributed by atoms with van der Waals surface area (Å²) in [4.78, 5) is 24.3. The quantitative estimate of drug-likeness (QED) is 0.784. The van der Waals surface area contributed by atoms with E-state index in [4.69, 9.17) is 4.74 Å². The fourth-order valence-electron chi connectivity index (χ4n) is 3.22. The fraction of sp³-hybridized carbons (Fsp3) is 0.500. The summed E-state index contributed by atoms with van der Waals surface area (Å²) in [7, 11) is 5.49. The Hall–Kier alpha value is -2.25. The van der Waals surface area contributed by atoms with Crippen LogP contribution in [0.3, 0.4) is 0 Å². The molecule has 0 bridgehead atoms. The van der Waals surface area contributed by atoms with Gasteiger partial charge in [-0.3, -0.25) is 14.7 Å². The second-order valence-corrected chi connectivity index (χ2v) is 6.71. The molecular formula is C18H25N5O2. The van der Waals surface area contributed by atoms with Crippen molar-refractivity contribution in [2.45, 2.75) is 19.0 Å². The normalized spacial score (nSPS) is 17.3. The lowest BCUT2D eigenvalue weighted by Crippen LogP contribution is -2.36. The minimum atomic E-state index is -0.0188. The van der Waals surface area contributed by atoms with Gasteiger partial charge in [-0.2, -0.15) is 0 Å². The number of hydrogen-bond acceptors (Lipinski definition) is 5. The number of aryl methyl sites for hydroxylation is 1. The molecule has 1 amide bonds. The Morgan fingerprint density at radius 1 is 1.36 bits per heavy atom. The van der Waals surface area contributed by atoms with E-state index in [-0.39, 0.29) is 18.4 Å². The molecule has 7 nitrogen and oxygen atoms in total. The van der Waals surface area contributed by atoms with Crippen LogP contribution in [0.5, 0.6) is 0 Å². The Balaban J connectivity index is 1.67. The number of likely N-dealkylation sites (N-methyl/N-ethyl adjacent to an activating group) is 1. The molecular weight excluding hydrogens is 318 g/mol. The van der Waals surface area contributed by atoms with E-state index in [9.17, 15) is 4.79 Å². The highest BCUT2D eigenvalue weighted by Gasteiger charge is 2.29. The number of rotatable bonds is 6. The number of fused-ring (bicyclic) bond motifs is 1. The molecule has 0 aliphatic carbocycles. The van der Waals surface area contributed by atoms with Gasteiger partial charge >= 0.3 is 0 Å². The van der Waals surface area contributed by atoms with Gasteiger partial charge < -0.3 is 14.2 Å². The van der Waals surface area contributed by atoms with Gasteiger partial charge in [0.1, 0.15) is 6.61 Å². The van der Waals surface area contributed by atoms with Crippen LogP contribution in [0.2, 0.25) is 0 Å². The average Bonchev–Trinajstić information content (AvgIpc) is 2.96. The maximum atomic E-state index is 11.7. The molecule has 134 valence electrons. The van der Waals surface area contributed by atoms with Crippen molar-refractivity contribution >= 4 is 5.91 Å². The van der Waals surface area contributed by atoms with Gasteiger partial charge in [0, 0.05) is 64.8 Å². The first-order chi connectivity index (χ1) is 12.0. The molecule has 0 aromatic carbocycles. The number of pyridine rings is 1. The summed E-state index contributed by atoms with van der Waals surface area (Å²) in [5.41, 5.74) is 3.54. The lowest BCUT2D eigenvalue weighted by atomic mass is 9.98. The van der Waals surface area contributed by atoms with E-state index in [0.29, 0.717) is 6.61 Å². The predicted octanol–water partition coefficient (Wildman–Crippen LogP) is 1.02. The summed E-state index contributed by atoms with van der Waals surface area (Å²) in [6.07, 6.45) is 5.50. The van der Waals surface area contributed by atoms with Crippen molar-refractivity contribution in [3.63, 3.8) is 0 Å². The van der Waals surface area contributed by atoms with E-state index in [1.807, 2.05) is 37.9 Å². The summed E-state index contributed by atoms with van der Waals surface area (Å²) in [6.45, 7) is 3.18. The highest BCUT2D eigenvalue weighted by atomic mass is 16.5. The van der Waals surface area contributed by atoms with Gasteiger partial charge in [0.05, 0.1) is 18.6 Å². The number of ether oxygens (including phenoxy) is 1. The Kier molecular flexibility index (Phi) is 5.45. The second kappa shape index (κ2) is 7.76. The largest absolute Gasteiger partial charge is 0.371 e. The third kappa shape index (κ3) is 4.24. The van der Waals surface area contributed by atoms with Crippen LogP contribution in [-0.4, -0.2) is 64.1 Å². The Morgan fingerprint density at radius 2 is 2.12 bits per heavy atom. The molecule has 0 N–H and O–H groups in total. The van der Waals surface area contributed by atoms with Crippen LogP contribution in [0.1, 0.15) is 22.9 Å². The van der Waals surface area contributed by atoms with Crippen LogP contribution in [0.15, 0.2) is 30.9 Å². The van der Waals surface area contributed by atoms with Gasteiger partial charge in [0.25, 0.3) is 0 Å².